The Morgan fingerprint density at radius 1 is 1.38 bits per heavy atom. The lowest BCUT2D eigenvalue weighted by atomic mass is 10.1. The van der Waals surface area contributed by atoms with E-state index in [9.17, 15) is 4.79 Å². The van der Waals surface area contributed by atoms with Crippen LogP contribution in [0.1, 0.15) is 12.5 Å². The molecule has 0 aromatic heterocycles. The largest absolute Gasteiger partial charge is 0.379 e. The van der Waals surface area contributed by atoms with Crippen molar-refractivity contribution in [2.45, 2.75) is 19.5 Å². The number of benzene rings is 1. The quantitative estimate of drug-likeness (QED) is 0.697. The number of hydrogen-bond acceptors (Lipinski definition) is 4. The SMILES string of the molecule is C=CCNC(=O)CN(Cc1ccccc1)[C@H](C)CN1CCOCC1. The lowest BCUT2D eigenvalue weighted by molar-refractivity contribution is -0.122. The van der Waals surface area contributed by atoms with E-state index in [0.29, 0.717) is 13.1 Å². The van der Waals surface area contributed by atoms with Gasteiger partial charge in [-0.15, -0.1) is 6.58 Å². The lowest BCUT2D eigenvalue weighted by Gasteiger charge is -2.34. The molecule has 0 spiro atoms. The van der Waals surface area contributed by atoms with Crippen LogP contribution in [0.25, 0.3) is 0 Å². The lowest BCUT2D eigenvalue weighted by Crippen LogP contribution is -2.48. The fourth-order valence-electron chi connectivity index (χ4n) is 2.88. The minimum absolute atomic E-state index is 0.0414. The predicted octanol–water partition coefficient (Wildman–Crippen LogP) is 1.51. The predicted molar refractivity (Wildman–Crippen MR) is 96.8 cm³/mol. The molecule has 5 nitrogen and oxygen atoms in total. The van der Waals surface area contributed by atoms with Gasteiger partial charge in [-0.2, -0.15) is 0 Å². The summed E-state index contributed by atoms with van der Waals surface area (Å²) in [5, 5.41) is 2.87. The number of carbonyl (C=O) groups is 1. The van der Waals surface area contributed by atoms with E-state index in [0.717, 1.165) is 39.4 Å². The van der Waals surface area contributed by atoms with Crippen molar-refractivity contribution < 1.29 is 9.53 Å². The van der Waals surface area contributed by atoms with Crippen molar-refractivity contribution >= 4 is 5.91 Å². The van der Waals surface area contributed by atoms with Gasteiger partial charge in [-0.25, -0.2) is 0 Å². The van der Waals surface area contributed by atoms with E-state index < -0.39 is 0 Å². The van der Waals surface area contributed by atoms with E-state index in [2.05, 4.69) is 40.8 Å². The van der Waals surface area contributed by atoms with Gasteiger partial charge >= 0.3 is 0 Å². The van der Waals surface area contributed by atoms with Gasteiger partial charge in [0.15, 0.2) is 0 Å². The van der Waals surface area contributed by atoms with Gasteiger partial charge in [-0.3, -0.25) is 14.6 Å². The average molecular weight is 331 g/mol. The molecular weight excluding hydrogens is 302 g/mol. The first kappa shape index (κ1) is 18.6. The number of rotatable bonds is 9. The van der Waals surface area contributed by atoms with Gasteiger partial charge in [-0.1, -0.05) is 36.4 Å². The normalized spacial score (nSPS) is 16.8. The Balaban J connectivity index is 1.96. The smallest absolute Gasteiger partial charge is 0.234 e. The molecule has 1 fully saturated rings. The van der Waals surface area contributed by atoms with Crippen LogP contribution in [0.2, 0.25) is 0 Å². The molecule has 0 unspecified atom stereocenters. The first-order chi connectivity index (χ1) is 11.7. The summed E-state index contributed by atoms with van der Waals surface area (Å²) >= 11 is 0. The molecule has 132 valence electrons. The van der Waals surface area contributed by atoms with Gasteiger partial charge in [0.2, 0.25) is 5.91 Å². The highest BCUT2D eigenvalue weighted by Crippen LogP contribution is 2.10. The number of ether oxygens (including phenoxy) is 1. The number of nitrogens with one attached hydrogen (secondary N) is 1. The number of carbonyl (C=O) groups excluding carboxylic acids is 1. The van der Waals surface area contributed by atoms with E-state index in [1.807, 2.05) is 18.2 Å². The summed E-state index contributed by atoms with van der Waals surface area (Å²) in [5.41, 5.74) is 1.22. The van der Waals surface area contributed by atoms with Crippen molar-refractivity contribution in [2.75, 3.05) is 45.9 Å². The van der Waals surface area contributed by atoms with Crippen LogP contribution < -0.4 is 5.32 Å². The molecule has 1 saturated heterocycles. The molecule has 0 aliphatic carbocycles. The molecule has 1 heterocycles. The van der Waals surface area contributed by atoms with E-state index in [1.165, 1.54) is 5.56 Å². The summed E-state index contributed by atoms with van der Waals surface area (Å²) in [5.74, 6) is 0.0414. The molecule has 5 heteroatoms. The fourth-order valence-corrected chi connectivity index (χ4v) is 2.88. The third-order valence-corrected chi connectivity index (χ3v) is 4.27. The third-order valence-electron chi connectivity index (χ3n) is 4.27. The Hall–Kier alpha value is -1.69. The van der Waals surface area contributed by atoms with Gasteiger partial charge in [0.1, 0.15) is 0 Å². The van der Waals surface area contributed by atoms with Gasteiger partial charge in [0, 0.05) is 38.8 Å². The third kappa shape index (κ3) is 6.43. The van der Waals surface area contributed by atoms with Crippen molar-refractivity contribution in [1.82, 2.24) is 15.1 Å². The summed E-state index contributed by atoms with van der Waals surface area (Å²) in [7, 11) is 0. The van der Waals surface area contributed by atoms with Crippen molar-refractivity contribution in [1.29, 1.82) is 0 Å². The summed E-state index contributed by atoms with van der Waals surface area (Å²) in [6.07, 6.45) is 1.70. The molecule has 0 radical (unpaired) electrons. The minimum atomic E-state index is 0.0414. The maximum atomic E-state index is 12.2. The van der Waals surface area contributed by atoms with Crippen LogP contribution in [0.5, 0.6) is 0 Å². The number of hydrogen-bond donors (Lipinski definition) is 1. The van der Waals surface area contributed by atoms with E-state index in [-0.39, 0.29) is 11.9 Å². The van der Waals surface area contributed by atoms with Crippen LogP contribution in [0.15, 0.2) is 43.0 Å². The summed E-state index contributed by atoms with van der Waals surface area (Å²) in [6, 6.07) is 10.6. The Morgan fingerprint density at radius 2 is 2.08 bits per heavy atom. The average Bonchev–Trinajstić information content (AvgIpc) is 2.61. The number of nitrogens with zero attached hydrogens (tertiary/aromatic N) is 2. The highest BCUT2D eigenvalue weighted by atomic mass is 16.5. The van der Waals surface area contributed by atoms with Gasteiger partial charge in [-0.05, 0) is 12.5 Å². The second-order valence-corrected chi connectivity index (χ2v) is 6.25. The van der Waals surface area contributed by atoms with Gasteiger partial charge < -0.3 is 10.1 Å². The zero-order chi connectivity index (χ0) is 17.2. The summed E-state index contributed by atoms with van der Waals surface area (Å²) in [6.45, 7) is 12.0. The second-order valence-electron chi connectivity index (χ2n) is 6.25. The zero-order valence-corrected chi connectivity index (χ0v) is 14.6. The topological polar surface area (TPSA) is 44.8 Å². The van der Waals surface area contributed by atoms with Crippen LogP contribution in [-0.4, -0.2) is 67.7 Å². The first-order valence-electron chi connectivity index (χ1n) is 8.64. The Bertz CT molecular complexity index is 501. The maximum absolute atomic E-state index is 12.2. The maximum Gasteiger partial charge on any atom is 0.234 e. The van der Waals surface area contributed by atoms with Crippen molar-refractivity contribution in [2.24, 2.45) is 0 Å². The van der Waals surface area contributed by atoms with Crippen LogP contribution in [-0.2, 0) is 16.1 Å². The molecule has 1 amide bonds. The summed E-state index contributed by atoms with van der Waals surface area (Å²) in [4.78, 5) is 16.8. The van der Waals surface area contributed by atoms with Crippen LogP contribution in [0, 0.1) is 0 Å². The highest BCUT2D eigenvalue weighted by Gasteiger charge is 2.21. The molecule has 1 N–H and O–H groups in total. The molecule has 1 aromatic carbocycles. The molecule has 0 bridgehead atoms. The Kier molecular flexibility index (Phi) is 7.95. The molecule has 1 aromatic rings. The van der Waals surface area contributed by atoms with E-state index in [1.54, 1.807) is 6.08 Å². The van der Waals surface area contributed by atoms with E-state index in [4.69, 9.17) is 4.74 Å². The van der Waals surface area contributed by atoms with Crippen LogP contribution in [0.3, 0.4) is 0 Å². The fraction of sp³-hybridized carbons (Fsp3) is 0.526. The van der Waals surface area contributed by atoms with Crippen LogP contribution >= 0.6 is 0 Å². The Labute approximate surface area is 145 Å². The molecule has 1 atom stereocenters. The monoisotopic (exact) mass is 331 g/mol. The zero-order valence-electron chi connectivity index (χ0n) is 14.6. The summed E-state index contributed by atoms with van der Waals surface area (Å²) < 4.78 is 5.42. The number of morpholine rings is 1. The van der Waals surface area contributed by atoms with Crippen molar-refractivity contribution in [3.8, 4) is 0 Å². The Morgan fingerprint density at radius 3 is 2.75 bits per heavy atom. The highest BCUT2D eigenvalue weighted by molar-refractivity contribution is 5.78. The molecule has 0 saturated carbocycles. The molecule has 24 heavy (non-hydrogen) atoms. The molecule has 1 aliphatic heterocycles. The standard InChI is InChI=1S/C19H29N3O2/c1-3-9-20-19(23)16-22(15-18-7-5-4-6-8-18)17(2)14-21-10-12-24-13-11-21/h3-8,17H,1,9-16H2,2H3,(H,20,23)/t17-/m1/s1. The van der Waals surface area contributed by atoms with Crippen molar-refractivity contribution in [3.05, 3.63) is 48.6 Å². The molecule has 1 aliphatic rings. The minimum Gasteiger partial charge on any atom is -0.379 e. The first-order valence-corrected chi connectivity index (χ1v) is 8.64. The molecular formula is C19H29N3O2. The number of amides is 1. The van der Waals surface area contributed by atoms with Gasteiger partial charge in [0.25, 0.3) is 0 Å². The van der Waals surface area contributed by atoms with Crippen molar-refractivity contribution in [3.63, 3.8) is 0 Å². The molecule has 2 rings (SSSR count). The van der Waals surface area contributed by atoms with Crippen LogP contribution in [0.4, 0.5) is 0 Å². The van der Waals surface area contributed by atoms with Gasteiger partial charge in [0.05, 0.1) is 19.8 Å². The second kappa shape index (κ2) is 10.2. The van der Waals surface area contributed by atoms with E-state index >= 15 is 0 Å².